The third-order valence-electron chi connectivity index (χ3n) is 5.05. The Kier molecular flexibility index (Phi) is 2.84. The molecule has 0 aromatic heterocycles. The summed E-state index contributed by atoms with van der Waals surface area (Å²) in [5.74, 6) is -0.00694. The highest BCUT2D eigenvalue weighted by atomic mass is 16.3. The van der Waals surface area contributed by atoms with Crippen molar-refractivity contribution >= 4 is 0 Å². The second-order valence-corrected chi connectivity index (χ2v) is 6.64. The first kappa shape index (κ1) is 12.3. The van der Waals surface area contributed by atoms with Crippen LogP contribution in [-0.2, 0) is 0 Å². The summed E-state index contributed by atoms with van der Waals surface area (Å²) < 4.78 is 0. The SMILES string of the molecule is CC1(C)CCCC2(C)C(O)CC(O)C(O)C12. The van der Waals surface area contributed by atoms with E-state index in [9.17, 15) is 15.3 Å². The van der Waals surface area contributed by atoms with Crippen LogP contribution in [0.25, 0.3) is 0 Å². The van der Waals surface area contributed by atoms with E-state index in [4.69, 9.17) is 0 Å². The van der Waals surface area contributed by atoms with E-state index >= 15 is 0 Å². The lowest BCUT2D eigenvalue weighted by Crippen LogP contribution is -2.61. The van der Waals surface area contributed by atoms with Crippen molar-refractivity contribution in [3.8, 4) is 0 Å². The maximum atomic E-state index is 10.2. The Morgan fingerprint density at radius 3 is 2.25 bits per heavy atom. The van der Waals surface area contributed by atoms with Crippen LogP contribution in [0.4, 0.5) is 0 Å². The molecule has 0 amide bonds. The van der Waals surface area contributed by atoms with Crippen molar-refractivity contribution in [1.82, 2.24) is 0 Å². The molecule has 0 aromatic carbocycles. The zero-order chi connectivity index (χ0) is 12.1. The van der Waals surface area contributed by atoms with Gasteiger partial charge in [-0.2, -0.15) is 0 Å². The third kappa shape index (κ3) is 1.60. The smallest absolute Gasteiger partial charge is 0.0839 e. The second-order valence-electron chi connectivity index (χ2n) is 6.64. The highest BCUT2D eigenvalue weighted by molar-refractivity contribution is 5.07. The van der Waals surface area contributed by atoms with Gasteiger partial charge in [-0.25, -0.2) is 0 Å². The summed E-state index contributed by atoms with van der Waals surface area (Å²) in [6.07, 6.45) is 1.46. The summed E-state index contributed by atoms with van der Waals surface area (Å²) in [5, 5.41) is 30.3. The predicted octanol–water partition coefficient (Wildman–Crippen LogP) is 1.31. The maximum Gasteiger partial charge on any atom is 0.0839 e. The van der Waals surface area contributed by atoms with Gasteiger partial charge in [-0.05, 0) is 23.7 Å². The molecule has 5 atom stereocenters. The van der Waals surface area contributed by atoms with Crippen molar-refractivity contribution in [2.75, 3.05) is 0 Å². The largest absolute Gasteiger partial charge is 0.392 e. The lowest BCUT2D eigenvalue weighted by atomic mass is 9.49. The molecular formula is C13H24O3. The highest BCUT2D eigenvalue weighted by Crippen LogP contribution is 2.57. The zero-order valence-electron chi connectivity index (χ0n) is 10.5. The van der Waals surface area contributed by atoms with E-state index in [1.807, 2.05) is 0 Å². The molecule has 2 aliphatic carbocycles. The molecule has 0 heterocycles. The van der Waals surface area contributed by atoms with Crippen molar-refractivity contribution in [2.24, 2.45) is 16.7 Å². The number of aliphatic hydroxyl groups excluding tert-OH is 3. The molecule has 2 rings (SSSR count). The molecule has 0 aromatic rings. The van der Waals surface area contributed by atoms with Crippen LogP contribution >= 0.6 is 0 Å². The van der Waals surface area contributed by atoms with Crippen LogP contribution in [0, 0.1) is 16.7 Å². The first-order chi connectivity index (χ1) is 7.29. The Hall–Kier alpha value is -0.120. The standard InChI is InChI=1S/C13H24O3/c1-12(2)5-4-6-13(3)9(15)7-8(14)10(16)11(12)13/h8-11,14-16H,4-7H2,1-3H3. The van der Waals surface area contributed by atoms with E-state index in [1.165, 1.54) is 0 Å². The van der Waals surface area contributed by atoms with Gasteiger partial charge < -0.3 is 15.3 Å². The third-order valence-corrected chi connectivity index (χ3v) is 5.05. The van der Waals surface area contributed by atoms with Crippen LogP contribution in [0.1, 0.15) is 46.5 Å². The van der Waals surface area contributed by atoms with E-state index in [-0.39, 0.29) is 16.7 Å². The molecule has 16 heavy (non-hydrogen) atoms. The van der Waals surface area contributed by atoms with Crippen LogP contribution in [-0.4, -0.2) is 33.6 Å². The minimum atomic E-state index is -0.773. The summed E-state index contributed by atoms with van der Waals surface area (Å²) in [6.45, 7) is 6.35. The molecule has 3 nitrogen and oxygen atoms in total. The van der Waals surface area contributed by atoms with Crippen molar-refractivity contribution in [3.63, 3.8) is 0 Å². The van der Waals surface area contributed by atoms with E-state index in [2.05, 4.69) is 20.8 Å². The van der Waals surface area contributed by atoms with Crippen LogP contribution in [0.5, 0.6) is 0 Å². The van der Waals surface area contributed by atoms with Gasteiger partial charge in [0, 0.05) is 12.3 Å². The van der Waals surface area contributed by atoms with E-state index in [0.29, 0.717) is 6.42 Å². The molecule has 5 unspecified atom stereocenters. The van der Waals surface area contributed by atoms with Crippen molar-refractivity contribution < 1.29 is 15.3 Å². The fraction of sp³-hybridized carbons (Fsp3) is 1.00. The molecule has 2 fully saturated rings. The van der Waals surface area contributed by atoms with Gasteiger partial charge in [0.05, 0.1) is 18.3 Å². The molecule has 0 radical (unpaired) electrons. The van der Waals surface area contributed by atoms with Gasteiger partial charge in [-0.1, -0.05) is 27.2 Å². The predicted molar refractivity (Wildman–Crippen MR) is 61.9 cm³/mol. The van der Waals surface area contributed by atoms with Gasteiger partial charge >= 0.3 is 0 Å². The van der Waals surface area contributed by atoms with Crippen LogP contribution < -0.4 is 0 Å². The molecular weight excluding hydrogens is 204 g/mol. The van der Waals surface area contributed by atoms with Crippen molar-refractivity contribution in [2.45, 2.75) is 64.8 Å². The van der Waals surface area contributed by atoms with Gasteiger partial charge in [-0.15, -0.1) is 0 Å². The first-order valence-electron chi connectivity index (χ1n) is 6.33. The topological polar surface area (TPSA) is 60.7 Å². The minimum Gasteiger partial charge on any atom is -0.392 e. The highest BCUT2D eigenvalue weighted by Gasteiger charge is 2.57. The number of fused-ring (bicyclic) bond motifs is 1. The Bertz CT molecular complexity index is 276. The minimum absolute atomic E-state index is 0.00516. The van der Waals surface area contributed by atoms with Gasteiger partial charge in [0.1, 0.15) is 0 Å². The normalized spacial score (nSPS) is 52.1. The molecule has 2 saturated carbocycles. The van der Waals surface area contributed by atoms with E-state index in [0.717, 1.165) is 19.3 Å². The number of aliphatic hydroxyl groups is 3. The lowest BCUT2D eigenvalue weighted by molar-refractivity contribution is -0.204. The van der Waals surface area contributed by atoms with Gasteiger partial charge in [0.15, 0.2) is 0 Å². The quantitative estimate of drug-likeness (QED) is 0.586. The van der Waals surface area contributed by atoms with Gasteiger partial charge in [-0.3, -0.25) is 0 Å². The van der Waals surface area contributed by atoms with Gasteiger partial charge in [0.2, 0.25) is 0 Å². The average molecular weight is 228 g/mol. The number of rotatable bonds is 0. The van der Waals surface area contributed by atoms with Crippen LogP contribution in [0.15, 0.2) is 0 Å². The van der Waals surface area contributed by atoms with Crippen molar-refractivity contribution in [3.05, 3.63) is 0 Å². The number of hydrogen-bond donors (Lipinski definition) is 3. The summed E-state index contributed by atoms with van der Waals surface area (Å²) in [4.78, 5) is 0. The first-order valence-corrected chi connectivity index (χ1v) is 6.33. The summed E-state index contributed by atoms with van der Waals surface area (Å²) >= 11 is 0. The van der Waals surface area contributed by atoms with E-state index < -0.39 is 18.3 Å². The van der Waals surface area contributed by atoms with Crippen LogP contribution in [0.3, 0.4) is 0 Å². The summed E-state index contributed by atoms with van der Waals surface area (Å²) in [7, 11) is 0. The Labute approximate surface area is 97.5 Å². The zero-order valence-corrected chi connectivity index (χ0v) is 10.5. The monoisotopic (exact) mass is 228 g/mol. The maximum absolute atomic E-state index is 10.2. The van der Waals surface area contributed by atoms with Gasteiger partial charge in [0.25, 0.3) is 0 Å². The molecule has 3 N–H and O–H groups in total. The lowest BCUT2D eigenvalue weighted by Gasteiger charge is -2.58. The Balaban J connectivity index is 2.38. The Morgan fingerprint density at radius 1 is 1.00 bits per heavy atom. The van der Waals surface area contributed by atoms with Crippen LogP contribution in [0.2, 0.25) is 0 Å². The molecule has 0 saturated heterocycles. The summed E-state index contributed by atoms with van der Waals surface area (Å²) in [5.41, 5.74) is -0.241. The fourth-order valence-electron chi connectivity index (χ4n) is 4.21. The fourth-order valence-corrected chi connectivity index (χ4v) is 4.21. The van der Waals surface area contributed by atoms with Crippen molar-refractivity contribution in [1.29, 1.82) is 0 Å². The molecule has 94 valence electrons. The molecule has 0 bridgehead atoms. The molecule has 3 heteroatoms. The number of hydrogen-bond acceptors (Lipinski definition) is 3. The second kappa shape index (κ2) is 3.69. The molecule has 0 aliphatic heterocycles. The molecule has 0 spiro atoms. The summed E-state index contributed by atoms with van der Waals surface area (Å²) in [6, 6.07) is 0. The Morgan fingerprint density at radius 2 is 1.62 bits per heavy atom. The van der Waals surface area contributed by atoms with E-state index in [1.54, 1.807) is 0 Å². The molecule has 2 aliphatic rings. The average Bonchev–Trinajstić information content (AvgIpc) is 2.13.